The topological polar surface area (TPSA) is 49.3 Å². The number of carbonyl (C=O) groups is 1. The van der Waals surface area contributed by atoms with Crippen molar-refractivity contribution in [1.82, 2.24) is 5.32 Å². The zero-order valence-corrected chi connectivity index (χ0v) is 13.2. The van der Waals surface area contributed by atoms with Crippen molar-refractivity contribution >= 4 is 5.91 Å². The van der Waals surface area contributed by atoms with Gasteiger partial charge in [0.1, 0.15) is 0 Å². The lowest BCUT2D eigenvalue weighted by Crippen LogP contribution is -2.44. The van der Waals surface area contributed by atoms with Gasteiger partial charge in [0, 0.05) is 12.0 Å². The fourth-order valence-electron chi connectivity index (χ4n) is 2.38. The van der Waals surface area contributed by atoms with E-state index in [1.54, 1.807) is 0 Å². The van der Waals surface area contributed by atoms with Crippen LogP contribution in [0.25, 0.3) is 0 Å². The molecular formula is C17H27NO2. The third-order valence-electron chi connectivity index (χ3n) is 3.79. The smallest absolute Gasteiger partial charge is 0.224 e. The summed E-state index contributed by atoms with van der Waals surface area (Å²) in [6, 6.07) is 7.90. The van der Waals surface area contributed by atoms with Crippen LogP contribution in [0.1, 0.15) is 38.8 Å². The van der Waals surface area contributed by atoms with Crippen molar-refractivity contribution in [1.29, 1.82) is 0 Å². The van der Waals surface area contributed by atoms with Crippen molar-refractivity contribution in [2.75, 3.05) is 6.54 Å². The van der Waals surface area contributed by atoms with Crippen molar-refractivity contribution in [2.24, 2.45) is 11.3 Å². The molecule has 0 saturated carbocycles. The largest absolute Gasteiger partial charge is 0.392 e. The van der Waals surface area contributed by atoms with Crippen molar-refractivity contribution < 1.29 is 9.90 Å². The Morgan fingerprint density at radius 1 is 1.30 bits per heavy atom. The molecule has 0 spiro atoms. The Hall–Kier alpha value is -1.35. The highest BCUT2D eigenvalue weighted by molar-refractivity contribution is 5.78. The SMILES string of the molecule is Cc1ccccc1CC(=O)NCC(C)(C)C(O)C(C)C. The summed E-state index contributed by atoms with van der Waals surface area (Å²) in [4.78, 5) is 12.0. The molecule has 1 rings (SSSR count). The number of aliphatic hydroxyl groups excluding tert-OH is 1. The Kier molecular flexibility index (Phi) is 5.75. The predicted molar refractivity (Wildman–Crippen MR) is 82.5 cm³/mol. The molecule has 0 radical (unpaired) electrons. The third kappa shape index (κ3) is 4.64. The maximum absolute atomic E-state index is 12.0. The summed E-state index contributed by atoms with van der Waals surface area (Å²) in [5.74, 6) is 0.182. The van der Waals surface area contributed by atoms with Crippen molar-refractivity contribution in [3.8, 4) is 0 Å². The van der Waals surface area contributed by atoms with Crippen LogP contribution in [0.15, 0.2) is 24.3 Å². The minimum absolute atomic E-state index is 0.00308. The molecule has 0 fully saturated rings. The number of rotatable bonds is 6. The molecule has 0 aliphatic rings. The summed E-state index contributed by atoms with van der Waals surface area (Å²) >= 11 is 0. The molecule has 3 heteroatoms. The van der Waals surface area contributed by atoms with Gasteiger partial charge in [0.15, 0.2) is 0 Å². The lowest BCUT2D eigenvalue weighted by Gasteiger charge is -2.33. The van der Waals surface area contributed by atoms with Gasteiger partial charge in [-0.1, -0.05) is 52.0 Å². The van der Waals surface area contributed by atoms with E-state index in [0.717, 1.165) is 11.1 Å². The summed E-state index contributed by atoms with van der Waals surface area (Å²) in [5, 5.41) is 13.1. The van der Waals surface area contributed by atoms with E-state index in [1.807, 2.05) is 58.9 Å². The zero-order valence-electron chi connectivity index (χ0n) is 13.2. The van der Waals surface area contributed by atoms with E-state index in [1.165, 1.54) is 0 Å². The highest BCUT2D eigenvalue weighted by atomic mass is 16.3. The summed E-state index contributed by atoms with van der Waals surface area (Å²) in [5.41, 5.74) is 1.85. The molecule has 0 aliphatic heterocycles. The van der Waals surface area contributed by atoms with Gasteiger partial charge < -0.3 is 10.4 Å². The molecular weight excluding hydrogens is 250 g/mol. The van der Waals surface area contributed by atoms with Crippen LogP contribution in [0.4, 0.5) is 0 Å². The molecule has 0 saturated heterocycles. The standard InChI is InChI=1S/C17H27NO2/c1-12(2)16(20)17(4,5)11-18-15(19)10-14-9-7-6-8-13(14)3/h6-9,12,16,20H,10-11H2,1-5H3,(H,18,19). The van der Waals surface area contributed by atoms with Gasteiger partial charge in [-0.15, -0.1) is 0 Å². The zero-order chi connectivity index (χ0) is 15.3. The van der Waals surface area contributed by atoms with Crippen LogP contribution in [0.5, 0.6) is 0 Å². The first-order valence-corrected chi connectivity index (χ1v) is 7.23. The Morgan fingerprint density at radius 3 is 2.45 bits per heavy atom. The average Bonchev–Trinajstić information content (AvgIpc) is 2.38. The van der Waals surface area contributed by atoms with E-state index in [2.05, 4.69) is 5.32 Å². The van der Waals surface area contributed by atoms with Crippen LogP contribution in [-0.4, -0.2) is 23.7 Å². The molecule has 1 aromatic rings. The fraction of sp³-hybridized carbons (Fsp3) is 0.588. The normalized spacial score (nSPS) is 13.3. The van der Waals surface area contributed by atoms with Crippen molar-refractivity contribution in [2.45, 2.75) is 47.1 Å². The molecule has 0 aromatic heterocycles. The van der Waals surface area contributed by atoms with Gasteiger partial charge in [0.2, 0.25) is 5.91 Å². The van der Waals surface area contributed by atoms with Gasteiger partial charge in [-0.05, 0) is 24.0 Å². The first-order valence-electron chi connectivity index (χ1n) is 7.23. The van der Waals surface area contributed by atoms with Gasteiger partial charge in [-0.3, -0.25) is 4.79 Å². The molecule has 0 bridgehead atoms. The van der Waals surface area contributed by atoms with Crippen LogP contribution in [0, 0.1) is 18.3 Å². The lowest BCUT2D eigenvalue weighted by molar-refractivity contribution is -0.121. The molecule has 1 atom stereocenters. The molecule has 1 unspecified atom stereocenters. The first kappa shape index (κ1) is 16.7. The number of carbonyl (C=O) groups excluding carboxylic acids is 1. The van der Waals surface area contributed by atoms with Crippen LogP contribution in [0.3, 0.4) is 0 Å². The van der Waals surface area contributed by atoms with Crippen LogP contribution >= 0.6 is 0 Å². The van der Waals surface area contributed by atoms with Gasteiger partial charge >= 0.3 is 0 Å². The Labute approximate surface area is 122 Å². The van der Waals surface area contributed by atoms with E-state index in [4.69, 9.17) is 0 Å². The van der Waals surface area contributed by atoms with Gasteiger partial charge in [0.25, 0.3) is 0 Å². The highest BCUT2D eigenvalue weighted by Gasteiger charge is 2.30. The number of aliphatic hydroxyl groups is 1. The lowest BCUT2D eigenvalue weighted by atomic mass is 9.80. The summed E-state index contributed by atoms with van der Waals surface area (Å²) < 4.78 is 0. The Morgan fingerprint density at radius 2 is 1.90 bits per heavy atom. The van der Waals surface area contributed by atoms with E-state index in [9.17, 15) is 9.90 Å². The molecule has 1 aromatic carbocycles. The van der Waals surface area contributed by atoms with Crippen molar-refractivity contribution in [3.63, 3.8) is 0 Å². The molecule has 1 amide bonds. The number of nitrogens with one attached hydrogen (secondary N) is 1. The second kappa shape index (κ2) is 6.89. The Bertz CT molecular complexity index is 452. The summed E-state index contributed by atoms with van der Waals surface area (Å²) in [6.45, 7) is 10.4. The maximum atomic E-state index is 12.0. The van der Waals surface area contributed by atoms with Crippen molar-refractivity contribution in [3.05, 3.63) is 35.4 Å². The summed E-state index contributed by atoms with van der Waals surface area (Å²) in [7, 11) is 0. The molecule has 0 heterocycles. The number of benzene rings is 1. The van der Waals surface area contributed by atoms with Crippen LogP contribution in [-0.2, 0) is 11.2 Å². The maximum Gasteiger partial charge on any atom is 0.224 e. The molecule has 2 N–H and O–H groups in total. The second-order valence-corrected chi connectivity index (χ2v) is 6.56. The number of hydrogen-bond acceptors (Lipinski definition) is 2. The van der Waals surface area contributed by atoms with Gasteiger partial charge in [-0.25, -0.2) is 0 Å². The van der Waals surface area contributed by atoms with E-state index < -0.39 is 6.10 Å². The fourth-order valence-corrected chi connectivity index (χ4v) is 2.38. The monoisotopic (exact) mass is 277 g/mol. The molecule has 0 aliphatic carbocycles. The Balaban J connectivity index is 2.54. The van der Waals surface area contributed by atoms with Gasteiger partial charge in [0.05, 0.1) is 12.5 Å². The van der Waals surface area contributed by atoms with Crippen LogP contribution < -0.4 is 5.32 Å². The van der Waals surface area contributed by atoms with E-state index in [-0.39, 0.29) is 17.2 Å². The molecule has 112 valence electrons. The van der Waals surface area contributed by atoms with E-state index >= 15 is 0 Å². The summed E-state index contributed by atoms with van der Waals surface area (Å²) in [6.07, 6.45) is -0.0400. The van der Waals surface area contributed by atoms with Gasteiger partial charge in [-0.2, -0.15) is 0 Å². The first-order chi connectivity index (χ1) is 9.24. The van der Waals surface area contributed by atoms with E-state index in [0.29, 0.717) is 13.0 Å². The highest BCUT2D eigenvalue weighted by Crippen LogP contribution is 2.25. The average molecular weight is 277 g/mol. The predicted octanol–water partition coefficient (Wildman–Crippen LogP) is 2.70. The minimum atomic E-state index is -0.429. The quantitative estimate of drug-likeness (QED) is 0.840. The third-order valence-corrected chi connectivity index (χ3v) is 3.79. The number of hydrogen-bond donors (Lipinski definition) is 2. The minimum Gasteiger partial charge on any atom is -0.392 e. The van der Waals surface area contributed by atoms with Crippen LogP contribution in [0.2, 0.25) is 0 Å². The molecule has 20 heavy (non-hydrogen) atoms. The second-order valence-electron chi connectivity index (χ2n) is 6.56. The number of aryl methyl sites for hydroxylation is 1. The molecule has 3 nitrogen and oxygen atoms in total. The number of amides is 1.